The van der Waals surface area contributed by atoms with Gasteiger partial charge in [0.25, 0.3) is 0 Å². The lowest BCUT2D eigenvalue weighted by Gasteiger charge is -2.46. The molecule has 1 aromatic heterocycles. The molecule has 3 N–H and O–H groups in total. The highest BCUT2D eigenvalue weighted by Crippen LogP contribution is 2.52. The van der Waals surface area contributed by atoms with Crippen molar-refractivity contribution in [3.63, 3.8) is 0 Å². The predicted molar refractivity (Wildman–Crippen MR) is 103 cm³/mol. The molecule has 0 saturated carbocycles. The number of aliphatic hydroxyl groups is 1. The maximum atomic E-state index is 12.4. The summed E-state index contributed by atoms with van der Waals surface area (Å²) in [6.45, 7) is 6.35. The highest BCUT2D eigenvalue weighted by atomic mass is 32.2. The molecule has 9 heteroatoms. The zero-order chi connectivity index (χ0) is 19.5. The largest absolute Gasteiger partial charge is 0.477 e. The van der Waals surface area contributed by atoms with Crippen LogP contribution in [0.1, 0.15) is 26.5 Å². The Balaban J connectivity index is 1.62. The molecule has 4 heterocycles. The molecule has 7 nitrogen and oxygen atoms in total. The van der Waals surface area contributed by atoms with E-state index in [9.17, 15) is 19.8 Å². The topological polar surface area (TPSA) is 103 Å². The van der Waals surface area contributed by atoms with E-state index in [1.165, 1.54) is 28.0 Å². The maximum Gasteiger partial charge on any atom is 0.353 e. The number of aromatic nitrogens is 1. The molecule has 0 bridgehead atoms. The number of thioether (sulfide) groups is 1. The number of hydrogen-bond donors (Lipinski definition) is 3. The summed E-state index contributed by atoms with van der Waals surface area (Å²) in [7, 11) is 0. The van der Waals surface area contributed by atoms with E-state index < -0.39 is 18.0 Å². The van der Waals surface area contributed by atoms with E-state index in [2.05, 4.69) is 23.3 Å². The third-order valence-electron chi connectivity index (χ3n) is 5.39. The van der Waals surface area contributed by atoms with Crippen LogP contribution >= 0.6 is 23.1 Å². The third kappa shape index (κ3) is 2.93. The zero-order valence-corrected chi connectivity index (χ0v) is 16.8. The van der Waals surface area contributed by atoms with Crippen molar-refractivity contribution in [3.05, 3.63) is 27.8 Å². The normalized spacial score (nSPS) is 31.0. The first-order chi connectivity index (χ1) is 12.8. The fourth-order valence-electron chi connectivity index (χ4n) is 4.07. The van der Waals surface area contributed by atoms with Gasteiger partial charge in [0.2, 0.25) is 5.91 Å². The van der Waals surface area contributed by atoms with Gasteiger partial charge in [0.1, 0.15) is 5.70 Å². The number of aliphatic carboxylic acids is 1. The van der Waals surface area contributed by atoms with E-state index in [0.29, 0.717) is 10.9 Å². The van der Waals surface area contributed by atoms with Crippen molar-refractivity contribution < 1.29 is 19.8 Å². The number of thiazole rings is 1. The van der Waals surface area contributed by atoms with Crippen molar-refractivity contribution in [2.75, 3.05) is 6.54 Å². The number of rotatable bonds is 5. The van der Waals surface area contributed by atoms with Crippen LogP contribution in [-0.4, -0.2) is 56.7 Å². The molecule has 144 valence electrons. The Morgan fingerprint density at radius 2 is 2.22 bits per heavy atom. The number of carboxylic acid groups (broad SMARTS) is 1. The molecule has 1 amide bonds. The molecular weight excluding hydrogens is 386 g/mol. The molecule has 27 heavy (non-hydrogen) atoms. The molecule has 3 aliphatic heterocycles. The Morgan fingerprint density at radius 1 is 1.48 bits per heavy atom. The van der Waals surface area contributed by atoms with Gasteiger partial charge in [-0.3, -0.25) is 4.79 Å². The van der Waals surface area contributed by atoms with Crippen LogP contribution in [-0.2, 0) is 9.59 Å². The quantitative estimate of drug-likeness (QED) is 0.639. The molecular formula is C18H21N3O4S2. The van der Waals surface area contributed by atoms with E-state index in [0.717, 1.165) is 22.2 Å². The molecule has 1 aromatic rings. The van der Waals surface area contributed by atoms with Gasteiger partial charge >= 0.3 is 5.97 Å². The lowest BCUT2D eigenvalue weighted by atomic mass is 9.79. The summed E-state index contributed by atoms with van der Waals surface area (Å²) < 4.78 is 0.759. The van der Waals surface area contributed by atoms with Gasteiger partial charge in [0.15, 0.2) is 4.34 Å². The van der Waals surface area contributed by atoms with Crippen molar-refractivity contribution in [3.8, 4) is 0 Å². The molecule has 1 fully saturated rings. The number of fused-ring (bicyclic) bond motifs is 1. The fourth-order valence-corrected chi connectivity index (χ4v) is 6.18. The summed E-state index contributed by atoms with van der Waals surface area (Å²) in [6.07, 6.45) is 1.34. The first-order valence-corrected chi connectivity index (χ1v) is 10.6. The van der Waals surface area contributed by atoms with Crippen molar-refractivity contribution in [2.24, 2.45) is 11.8 Å². The summed E-state index contributed by atoms with van der Waals surface area (Å²) in [6, 6.07) is 0.0222. The van der Waals surface area contributed by atoms with E-state index in [1.54, 1.807) is 6.92 Å². The van der Waals surface area contributed by atoms with Gasteiger partial charge in [-0.2, -0.15) is 0 Å². The zero-order valence-electron chi connectivity index (χ0n) is 15.2. The minimum absolute atomic E-state index is 0.0338. The molecule has 4 rings (SSSR count). The van der Waals surface area contributed by atoms with E-state index >= 15 is 0 Å². The highest BCUT2D eigenvalue weighted by Gasteiger charge is 2.60. The second-order valence-electron chi connectivity index (χ2n) is 7.23. The number of nitrogens with zero attached hydrogens (tertiary/aromatic N) is 2. The van der Waals surface area contributed by atoms with E-state index in [4.69, 9.17) is 0 Å². The van der Waals surface area contributed by atoms with Crippen molar-refractivity contribution in [1.82, 2.24) is 15.2 Å². The van der Waals surface area contributed by atoms with Crippen molar-refractivity contribution >= 4 is 40.5 Å². The average molecular weight is 408 g/mol. The number of β-lactam (4-membered cyclic amide) rings is 1. The van der Waals surface area contributed by atoms with E-state index in [-0.39, 0.29) is 23.6 Å². The molecule has 0 spiro atoms. The lowest BCUT2D eigenvalue weighted by molar-refractivity contribution is -0.163. The monoisotopic (exact) mass is 407 g/mol. The first-order valence-electron chi connectivity index (χ1n) is 8.86. The first kappa shape index (κ1) is 18.7. The van der Waals surface area contributed by atoms with Crippen LogP contribution in [0.25, 0.3) is 5.57 Å². The number of amides is 1. The number of carbonyl (C=O) groups excluding carboxylic acids is 1. The Kier molecular flexibility index (Phi) is 4.66. The van der Waals surface area contributed by atoms with Gasteiger partial charge in [-0.25, -0.2) is 9.78 Å². The predicted octanol–water partition coefficient (Wildman–Crippen LogP) is 1.76. The molecule has 3 aliphatic rings. The van der Waals surface area contributed by atoms with Gasteiger partial charge in [-0.1, -0.05) is 24.8 Å². The van der Waals surface area contributed by atoms with Crippen LogP contribution in [0.4, 0.5) is 0 Å². The average Bonchev–Trinajstić information content (AvgIpc) is 3.27. The van der Waals surface area contributed by atoms with Crippen LogP contribution in [0.15, 0.2) is 26.4 Å². The maximum absolute atomic E-state index is 12.4. The third-order valence-corrected chi connectivity index (χ3v) is 7.61. The van der Waals surface area contributed by atoms with Crippen LogP contribution in [0, 0.1) is 11.8 Å². The van der Waals surface area contributed by atoms with Gasteiger partial charge in [-0.05, 0) is 19.4 Å². The summed E-state index contributed by atoms with van der Waals surface area (Å²) in [4.78, 5) is 30.9. The number of nitrogens with one attached hydrogen (secondary N) is 1. The van der Waals surface area contributed by atoms with Gasteiger partial charge < -0.3 is 20.4 Å². The molecule has 0 radical (unpaired) electrons. The van der Waals surface area contributed by atoms with Crippen LogP contribution in [0.2, 0.25) is 0 Å². The van der Waals surface area contributed by atoms with Crippen molar-refractivity contribution in [2.45, 2.75) is 43.3 Å². The van der Waals surface area contributed by atoms with Crippen LogP contribution in [0.5, 0.6) is 0 Å². The number of carboxylic acids is 1. The minimum atomic E-state index is -1.11. The minimum Gasteiger partial charge on any atom is -0.477 e. The molecule has 5 atom stereocenters. The number of aliphatic hydroxyl groups excluding tert-OH is 1. The van der Waals surface area contributed by atoms with Crippen molar-refractivity contribution in [1.29, 1.82) is 0 Å². The van der Waals surface area contributed by atoms with Gasteiger partial charge in [0.05, 0.1) is 23.8 Å². The van der Waals surface area contributed by atoms with Gasteiger partial charge in [0, 0.05) is 28.8 Å². The molecule has 1 saturated heterocycles. The summed E-state index contributed by atoms with van der Waals surface area (Å²) in [5.74, 6) is -2.13. The highest BCUT2D eigenvalue weighted by molar-refractivity contribution is 8.04. The standard InChI is InChI=1S/C18H21N3O4S2/c1-7-4-10(5-19-7)11-6-26-18(20-11)27-15-8(2)13-12(9(3)22)16(23)21(13)14(15)17(24)25/h4,6-9,12-13,19,22H,5H2,1-3H3,(H,24,25)/t7-,8?,9+,12+,13+/m0/s1. The smallest absolute Gasteiger partial charge is 0.353 e. The SMILES string of the molecule is CC1C(Sc2nc(C3=C[C@H](C)NC3)cs2)=C(C(=O)O)N2C(=O)[C@H]([C@@H](C)O)[C@@H]12. The van der Waals surface area contributed by atoms with Gasteiger partial charge in [-0.15, -0.1) is 11.3 Å². The van der Waals surface area contributed by atoms with Crippen LogP contribution < -0.4 is 5.32 Å². The lowest BCUT2D eigenvalue weighted by Crippen LogP contribution is -2.63. The number of carbonyl (C=O) groups is 2. The number of hydrogen-bond acceptors (Lipinski definition) is 7. The molecule has 1 unspecified atom stereocenters. The summed E-state index contributed by atoms with van der Waals surface area (Å²) >= 11 is 2.80. The Labute approximate surface area is 165 Å². The second-order valence-corrected chi connectivity index (χ2v) is 9.38. The Bertz CT molecular complexity index is 876. The summed E-state index contributed by atoms with van der Waals surface area (Å²) in [5, 5.41) is 24.9. The Hall–Kier alpha value is -1.68. The van der Waals surface area contributed by atoms with E-state index in [1.807, 2.05) is 12.3 Å². The Morgan fingerprint density at radius 3 is 2.81 bits per heavy atom. The van der Waals surface area contributed by atoms with Crippen LogP contribution in [0.3, 0.4) is 0 Å². The molecule has 0 aromatic carbocycles. The molecule has 0 aliphatic carbocycles. The summed E-state index contributed by atoms with van der Waals surface area (Å²) in [5.41, 5.74) is 2.08. The second kappa shape index (κ2) is 6.73. The fraction of sp³-hybridized carbons (Fsp3) is 0.500.